The summed E-state index contributed by atoms with van der Waals surface area (Å²) in [7, 11) is 0. The monoisotopic (exact) mass is 871 g/mol. The molecular formula is C50H57N5O9. The molecule has 1 aromatic heterocycles. The maximum Gasteiger partial charge on any atom is 0.408 e. The number of alkyl carbamates (subject to hydrolysis) is 1. The summed E-state index contributed by atoms with van der Waals surface area (Å²) in [6, 6.07) is 30.5. The van der Waals surface area contributed by atoms with Gasteiger partial charge in [-0.25, -0.2) is 4.79 Å². The second kappa shape index (κ2) is 21.0. The van der Waals surface area contributed by atoms with Gasteiger partial charge in [-0.1, -0.05) is 60.7 Å². The van der Waals surface area contributed by atoms with Gasteiger partial charge in [0.2, 0.25) is 5.56 Å². The van der Waals surface area contributed by atoms with Crippen molar-refractivity contribution in [2.45, 2.75) is 63.4 Å². The van der Waals surface area contributed by atoms with E-state index in [9.17, 15) is 29.4 Å². The first-order chi connectivity index (χ1) is 31.2. The number of hydrogen-bond acceptors (Lipinski definition) is 11. The number of amides is 2. The summed E-state index contributed by atoms with van der Waals surface area (Å²) < 4.78 is 17.8. The fourth-order valence-electron chi connectivity index (χ4n) is 9.12. The van der Waals surface area contributed by atoms with E-state index in [1.165, 1.54) is 12.1 Å². The molecule has 0 unspecified atom stereocenters. The number of benzene rings is 4. The lowest BCUT2D eigenvalue weighted by molar-refractivity contribution is -0.150. The van der Waals surface area contributed by atoms with Gasteiger partial charge in [0.25, 0.3) is 5.91 Å². The molecule has 5 heterocycles. The number of H-pyrrole nitrogens is 1. The Labute approximate surface area is 372 Å². The lowest BCUT2D eigenvalue weighted by atomic mass is 9.86. The maximum atomic E-state index is 13.6. The molecule has 4 saturated heterocycles. The minimum atomic E-state index is -0.848. The number of likely N-dealkylation sites (tertiary alicyclic amines) is 1. The number of hydrogen-bond donors (Lipinski definition) is 5. The number of phenols is 1. The molecule has 0 radical (unpaired) electrons. The van der Waals surface area contributed by atoms with Crippen LogP contribution in [0.4, 0.5) is 4.79 Å². The van der Waals surface area contributed by atoms with Crippen LogP contribution in [0.1, 0.15) is 83.3 Å². The van der Waals surface area contributed by atoms with Crippen molar-refractivity contribution < 1.29 is 38.8 Å². The lowest BCUT2D eigenvalue weighted by Crippen LogP contribution is -2.52. The van der Waals surface area contributed by atoms with Crippen LogP contribution in [-0.2, 0) is 20.9 Å². The van der Waals surface area contributed by atoms with Crippen molar-refractivity contribution in [3.05, 3.63) is 141 Å². The lowest BCUT2D eigenvalue weighted by Gasteiger charge is -2.43. The number of fused-ring (bicyclic) bond motifs is 4. The molecule has 2 bridgehead atoms. The van der Waals surface area contributed by atoms with Crippen LogP contribution in [-0.4, -0.2) is 101 Å². The molecular weight excluding hydrogens is 815 g/mol. The van der Waals surface area contributed by atoms with Gasteiger partial charge in [-0.15, -0.1) is 0 Å². The van der Waals surface area contributed by atoms with Crippen molar-refractivity contribution >= 4 is 28.9 Å². The van der Waals surface area contributed by atoms with Crippen molar-refractivity contribution in [2.24, 2.45) is 11.8 Å². The summed E-state index contributed by atoms with van der Waals surface area (Å²) in [6.07, 6.45) is 3.18. The van der Waals surface area contributed by atoms with E-state index >= 15 is 0 Å². The van der Waals surface area contributed by atoms with E-state index < -0.39 is 18.2 Å². The SMILES string of the molecule is O=C(N[C@@H](c1ccccc1)c1cccc(OCc2cccc(C(=O)N3CCC(C(=O)OCCCCNC[C@H](O)c4ccc(O)c5[nH]c(=O)ccc45)CC3)c2)c1)O[C@H]1CN2CCC1CC2. The molecule has 0 saturated carbocycles. The summed E-state index contributed by atoms with van der Waals surface area (Å²) >= 11 is 0. The molecule has 3 atom stereocenters. The van der Waals surface area contributed by atoms with Crippen LogP contribution in [0, 0.1) is 11.8 Å². The van der Waals surface area contributed by atoms with Crippen LogP contribution < -0.4 is 20.9 Å². The number of rotatable bonds is 17. The highest BCUT2D eigenvalue weighted by molar-refractivity contribution is 5.94. The predicted molar refractivity (Wildman–Crippen MR) is 241 cm³/mol. The number of pyridine rings is 1. The van der Waals surface area contributed by atoms with Gasteiger partial charge in [0.15, 0.2) is 0 Å². The molecule has 4 fully saturated rings. The zero-order chi connectivity index (χ0) is 44.4. The summed E-state index contributed by atoms with van der Waals surface area (Å²) in [5.74, 6) is 0.374. The van der Waals surface area contributed by atoms with E-state index in [0.29, 0.717) is 72.6 Å². The standard InChI is InChI=1S/C50H57N5O9/c56-42-16-14-40(41-15-17-45(58)52-47(41)42)43(57)30-51-22-4-5-27-62-49(60)36-20-25-55(26-21-36)48(59)38-12-6-8-33(28-38)32-63-39-13-7-11-37(29-39)46(35-9-2-1-3-10-35)53-50(61)64-44-31-54-23-18-34(44)19-24-54/h1-3,6-17,28-29,34,36,43-44,46,51,56-57H,4-5,18-27,30-32H2,(H,52,58)(H,53,61)/t43-,44-,46-/m0/s1. The fraction of sp³-hybridized carbons (Fsp3) is 0.400. The molecule has 4 aliphatic rings. The first kappa shape index (κ1) is 44.4. The maximum absolute atomic E-state index is 13.6. The Morgan fingerprint density at radius 2 is 1.61 bits per heavy atom. The zero-order valence-electron chi connectivity index (χ0n) is 36.0. The number of aromatic hydroxyl groups is 1. The highest BCUT2D eigenvalue weighted by Gasteiger charge is 2.37. The number of aliphatic hydroxyl groups is 1. The highest BCUT2D eigenvalue weighted by atomic mass is 16.6. The van der Waals surface area contributed by atoms with E-state index in [-0.39, 0.29) is 55.0 Å². The van der Waals surface area contributed by atoms with Crippen molar-refractivity contribution in [1.82, 2.24) is 25.4 Å². The van der Waals surface area contributed by atoms with Crippen LogP contribution in [0.25, 0.3) is 10.9 Å². The van der Waals surface area contributed by atoms with Gasteiger partial charge in [0.1, 0.15) is 24.2 Å². The number of aromatic nitrogens is 1. The average Bonchev–Trinajstić information content (AvgIpc) is 3.33. The number of carbonyl (C=O) groups excluding carboxylic acids is 3. The molecule has 4 aromatic carbocycles. The second-order valence-electron chi connectivity index (χ2n) is 17.1. The number of unbranched alkanes of at least 4 members (excludes halogenated alkanes) is 1. The number of esters is 1. The third-order valence-electron chi connectivity index (χ3n) is 12.7. The number of ether oxygens (including phenoxy) is 3. The van der Waals surface area contributed by atoms with Crippen molar-refractivity contribution in [3.8, 4) is 11.5 Å². The summed E-state index contributed by atoms with van der Waals surface area (Å²) in [5.41, 5.74) is 3.73. The Morgan fingerprint density at radius 3 is 2.39 bits per heavy atom. The number of aromatic amines is 1. The van der Waals surface area contributed by atoms with Crippen LogP contribution in [0.2, 0.25) is 0 Å². The minimum absolute atomic E-state index is 0.0578. The topological polar surface area (TPSA) is 183 Å². The van der Waals surface area contributed by atoms with Gasteiger partial charge in [-0.2, -0.15) is 0 Å². The molecule has 5 N–H and O–H groups in total. The number of aliphatic hydroxyl groups excluding tert-OH is 1. The Morgan fingerprint density at radius 1 is 0.828 bits per heavy atom. The van der Waals surface area contributed by atoms with E-state index in [1.807, 2.05) is 72.8 Å². The molecule has 0 aliphatic carbocycles. The molecule has 14 heteroatoms. The number of piperidine rings is 4. The minimum Gasteiger partial charge on any atom is -0.506 e. The largest absolute Gasteiger partial charge is 0.506 e. The molecule has 2 amide bonds. The van der Waals surface area contributed by atoms with Gasteiger partial charge in [-0.05, 0) is 123 Å². The number of phenolic OH excluding ortho intramolecular Hbond substituents is 1. The third kappa shape index (κ3) is 11.1. The quantitative estimate of drug-likeness (QED) is 0.0529. The molecule has 4 aliphatic heterocycles. The first-order valence-corrected chi connectivity index (χ1v) is 22.4. The third-order valence-corrected chi connectivity index (χ3v) is 12.7. The Hall–Kier alpha value is -6.22. The number of nitrogens with zero attached hydrogens (tertiary/aromatic N) is 2. The summed E-state index contributed by atoms with van der Waals surface area (Å²) in [4.78, 5) is 58.2. The summed E-state index contributed by atoms with van der Waals surface area (Å²) in [6.45, 7) is 5.24. The van der Waals surface area contributed by atoms with Gasteiger partial charge >= 0.3 is 12.1 Å². The van der Waals surface area contributed by atoms with Gasteiger partial charge in [-0.3, -0.25) is 19.3 Å². The van der Waals surface area contributed by atoms with E-state index in [0.717, 1.165) is 55.6 Å². The molecule has 0 spiro atoms. The van der Waals surface area contributed by atoms with Crippen LogP contribution in [0.5, 0.6) is 11.5 Å². The number of nitrogens with one attached hydrogen (secondary N) is 3. The summed E-state index contributed by atoms with van der Waals surface area (Å²) in [5, 5.41) is 27.8. The van der Waals surface area contributed by atoms with Crippen molar-refractivity contribution in [1.29, 1.82) is 0 Å². The van der Waals surface area contributed by atoms with Crippen LogP contribution >= 0.6 is 0 Å². The van der Waals surface area contributed by atoms with Crippen LogP contribution in [0.15, 0.2) is 108 Å². The van der Waals surface area contributed by atoms with Crippen LogP contribution in [0.3, 0.4) is 0 Å². The predicted octanol–water partition coefficient (Wildman–Crippen LogP) is 6.22. The Bertz CT molecular complexity index is 2450. The zero-order valence-corrected chi connectivity index (χ0v) is 36.0. The second-order valence-corrected chi connectivity index (χ2v) is 17.1. The smallest absolute Gasteiger partial charge is 0.408 e. The van der Waals surface area contributed by atoms with Crippen molar-refractivity contribution in [3.63, 3.8) is 0 Å². The Balaban J connectivity index is 0.759. The average molecular weight is 872 g/mol. The first-order valence-electron chi connectivity index (χ1n) is 22.4. The van der Waals surface area contributed by atoms with Crippen molar-refractivity contribution in [2.75, 3.05) is 52.4 Å². The van der Waals surface area contributed by atoms with Gasteiger partial charge in [0.05, 0.1) is 30.2 Å². The fourth-order valence-corrected chi connectivity index (χ4v) is 9.12. The number of carbonyl (C=O) groups is 3. The molecule has 5 aromatic rings. The normalized spacial score (nSPS) is 19.5. The van der Waals surface area contributed by atoms with E-state index in [1.54, 1.807) is 23.1 Å². The molecule has 14 nitrogen and oxygen atoms in total. The molecule has 336 valence electrons. The van der Waals surface area contributed by atoms with Gasteiger partial charge in [0, 0.05) is 43.2 Å². The highest BCUT2D eigenvalue weighted by Crippen LogP contribution is 2.32. The van der Waals surface area contributed by atoms with E-state index in [4.69, 9.17) is 14.2 Å². The molecule has 9 rings (SSSR count). The Kier molecular flexibility index (Phi) is 14.5. The van der Waals surface area contributed by atoms with Gasteiger partial charge < -0.3 is 44.9 Å². The molecule has 64 heavy (non-hydrogen) atoms. The van der Waals surface area contributed by atoms with E-state index in [2.05, 4.69) is 20.5 Å².